The zero-order chi connectivity index (χ0) is 19.0. The molecule has 0 fully saturated rings. The summed E-state index contributed by atoms with van der Waals surface area (Å²) in [7, 11) is 0. The van der Waals surface area contributed by atoms with Gasteiger partial charge in [-0.15, -0.1) is 5.10 Å². The van der Waals surface area contributed by atoms with Gasteiger partial charge in [0.15, 0.2) is 0 Å². The van der Waals surface area contributed by atoms with Gasteiger partial charge in [-0.1, -0.05) is 42.5 Å². The maximum atomic E-state index is 12.9. The van der Waals surface area contributed by atoms with Crippen molar-refractivity contribution in [1.29, 1.82) is 0 Å². The van der Waals surface area contributed by atoms with E-state index in [0.29, 0.717) is 11.4 Å². The Morgan fingerprint density at radius 3 is 2.22 bits per heavy atom. The van der Waals surface area contributed by atoms with Crippen LogP contribution in [0, 0.1) is 6.92 Å². The molecular weight excluding hydrogens is 357 g/mol. The molecule has 0 aliphatic heterocycles. The fourth-order valence-electron chi connectivity index (χ4n) is 2.61. The quantitative estimate of drug-likeness (QED) is 0.514. The predicted octanol–water partition coefficient (Wildman–Crippen LogP) is 4.91. The van der Waals surface area contributed by atoms with Crippen LogP contribution in [0.4, 0.5) is 13.2 Å². The minimum absolute atomic E-state index is 0.105. The topological polar surface area (TPSA) is 52.3 Å². The molecule has 4 rings (SSSR count). The summed E-state index contributed by atoms with van der Waals surface area (Å²) < 4.78 is 45.3. The summed E-state index contributed by atoms with van der Waals surface area (Å²) in [6.07, 6.45) is -4.66. The molecule has 2 aromatic heterocycles. The largest absolute Gasteiger partial charge is 0.453 e. The second-order valence-corrected chi connectivity index (χ2v) is 5.87. The number of halogens is 3. The van der Waals surface area contributed by atoms with E-state index >= 15 is 0 Å². The highest BCUT2D eigenvalue weighted by Crippen LogP contribution is 2.29. The Balaban J connectivity index is 1.68. The Hall–Kier alpha value is -3.42. The van der Waals surface area contributed by atoms with Gasteiger partial charge in [0, 0.05) is 11.8 Å². The molecule has 0 atom stereocenters. The van der Waals surface area contributed by atoms with Crippen LogP contribution in [0.2, 0.25) is 0 Å². The molecule has 0 radical (unpaired) electrons. The third kappa shape index (κ3) is 3.46. The maximum Gasteiger partial charge on any atom is 0.453 e. The van der Waals surface area contributed by atoms with Gasteiger partial charge in [-0.05, 0) is 30.2 Å². The highest BCUT2D eigenvalue weighted by molar-refractivity contribution is 5.64. The molecule has 27 heavy (non-hydrogen) atoms. The zero-order valence-electron chi connectivity index (χ0n) is 14.1. The first-order chi connectivity index (χ1) is 12.9. The van der Waals surface area contributed by atoms with Crippen molar-refractivity contribution in [2.24, 2.45) is 0 Å². The van der Waals surface area contributed by atoms with Crippen molar-refractivity contribution in [3.8, 4) is 22.8 Å². The van der Waals surface area contributed by atoms with E-state index in [1.807, 2.05) is 42.5 Å². The summed E-state index contributed by atoms with van der Waals surface area (Å²) in [5.41, 5.74) is 2.52. The van der Waals surface area contributed by atoms with Gasteiger partial charge >= 0.3 is 6.18 Å². The number of aryl methyl sites for hydroxylation is 1. The number of fused-ring (bicyclic) bond motifs is 1. The fourth-order valence-corrected chi connectivity index (χ4v) is 2.61. The van der Waals surface area contributed by atoms with Crippen molar-refractivity contribution < 1.29 is 17.9 Å². The molecule has 0 saturated heterocycles. The Bertz CT molecular complexity index is 1090. The summed E-state index contributed by atoms with van der Waals surface area (Å²) in [5.74, 6) is -0.860. The number of alkyl halides is 3. The molecule has 2 aromatic carbocycles. The van der Waals surface area contributed by atoms with Gasteiger partial charge in [0.05, 0.1) is 0 Å². The molecule has 2 heterocycles. The normalized spacial score (nSPS) is 11.7. The van der Waals surface area contributed by atoms with Crippen molar-refractivity contribution in [1.82, 2.24) is 19.6 Å². The van der Waals surface area contributed by atoms with Crippen LogP contribution in [0.1, 0.15) is 11.5 Å². The lowest BCUT2D eigenvalue weighted by molar-refractivity contribution is -0.144. The number of rotatable bonds is 3. The monoisotopic (exact) mass is 370 g/mol. The molecule has 4 aromatic rings. The molecule has 0 amide bonds. The third-order valence-electron chi connectivity index (χ3n) is 3.84. The average molecular weight is 370 g/mol. The lowest BCUT2D eigenvalue weighted by Crippen LogP contribution is -2.07. The van der Waals surface area contributed by atoms with Crippen molar-refractivity contribution in [2.45, 2.75) is 13.1 Å². The fraction of sp³-hybridized carbons (Fsp3) is 0.105. The van der Waals surface area contributed by atoms with E-state index in [9.17, 15) is 13.2 Å². The number of hydrogen-bond donors (Lipinski definition) is 0. The SMILES string of the molecule is Cc1cc(Oc2ccc(-c3ccccc3)cc2)n2nc(C(F)(F)F)nc2n1. The molecule has 5 nitrogen and oxygen atoms in total. The Morgan fingerprint density at radius 1 is 0.889 bits per heavy atom. The minimum Gasteiger partial charge on any atom is -0.439 e. The van der Waals surface area contributed by atoms with Crippen LogP contribution in [0.5, 0.6) is 11.6 Å². The second-order valence-electron chi connectivity index (χ2n) is 5.87. The number of benzene rings is 2. The lowest BCUT2D eigenvalue weighted by atomic mass is 10.1. The smallest absolute Gasteiger partial charge is 0.439 e. The average Bonchev–Trinajstić information content (AvgIpc) is 3.08. The number of nitrogens with zero attached hydrogens (tertiary/aromatic N) is 4. The summed E-state index contributed by atoms with van der Waals surface area (Å²) in [4.78, 5) is 7.41. The van der Waals surface area contributed by atoms with E-state index in [0.717, 1.165) is 15.6 Å². The molecule has 0 N–H and O–H groups in total. The first kappa shape index (κ1) is 17.0. The molecule has 0 unspecified atom stereocenters. The molecular formula is C19H13F3N4O. The van der Waals surface area contributed by atoms with E-state index in [2.05, 4.69) is 15.1 Å². The summed E-state index contributed by atoms with van der Waals surface area (Å²) >= 11 is 0. The van der Waals surface area contributed by atoms with E-state index < -0.39 is 12.0 Å². The molecule has 136 valence electrons. The number of ether oxygens (including phenoxy) is 1. The van der Waals surface area contributed by atoms with Crippen molar-refractivity contribution in [3.05, 3.63) is 72.2 Å². The third-order valence-corrected chi connectivity index (χ3v) is 3.84. The van der Waals surface area contributed by atoms with Crippen LogP contribution < -0.4 is 4.74 Å². The van der Waals surface area contributed by atoms with Crippen molar-refractivity contribution >= 4 is 5.78 Å². The Morgan fingerprint density at radius 2 is 1.56 bits per heavy atom. The Kier molecular flexibility index (Phi) is 4.02. The summed E-state index contributed by atoms with van der Waals surface area (Å²) in [6, 6.07) is 18.5. The molecule has 8 heteroatoms. The first-order valence-corrected chi connectivity index (χ1v) is 8.05. The molecule has 0 spiro atoms. The highest BCUT2D eigenvalue weighted by Gasteiger charge is 2.37. The van der Waals surface area contributed by atoms with E-state index in [1.165, 1.54) is 6.07 Å². The molecule has 0 bridgehead atoms. The van der Waals surface area contributed by atoms with Crippen LogP contribution in [0.25, 0.3) is 16.9 Å². The first-order valence-electron chi connectivity index (χ1n) is 8.05. The molecule has 0 aliphatic carbocycles. The zero-order valence-corrected chi connectivity index (χ0v) is 14.1. The van der Waals surface area contributed by atoms with Crippen molar-refractivity contribution in [2.75, 3.05) is 0 Å². The predicted molar refractivity (Wildman–Crippen MR) is 92.5 cm³/mol. The van der Waals surface area contributed by atoms with Gasteiger partial charge in [-0.2, -0.15) is 22.7 Å². The van der Waals surface area contributed by atoms with Crippen LogP contribution in [-0.2, 0) is 6.18 Å². The van der Waals surface area contributed by atoms with Gasteiger partial charge in [0.2, 0.25) is 5.88 Å². The summed E-state index contributed by atoms with van der Waals surface area (Å²) in [6.45, 7) is 1.65. The Labute approximate surface area is 152 Å². The van der Waals surface area contributed by atoms with Crippen LogP contribution in [0.3, 0.4) is 0 Å². The van der Waals surface area contributed by atoms with Gasteiger partial charge in [0.1, 0.15) is 5.75 Å². The molecule has 0 saturated carbocycles. The maximum absolute atomic E-state index is 12.9. The number of hydrogen-bond acceptors (Lipinski definition) is 4. The highest BCUT2D eigenvalue weighted by atomic mass is 19.4. The lowest BCUT2D eigenvalue weighted by Gasteiger charge is -2.08. The van der Waals surface area contributed by atoms with Gasteiger partial charge in [-0.3, -0.25) is 0 Å². The second kappa shape index (κ2) is 6.39. The van der Waals surface area contributed by atoms with Gasteiger partial charge in [-0.25, -0.2) is 4.98 Å². The number of aromatic nitrogens is 4. The van der Waals surface area contributed by atoms with E-state index in [1.54, 1.807) is 19.1 Å². The van der Waals surface area contributed by atoms with Crippen LogP contribution in [-0.4, -0.2) is 19.6 Å². The van der Waals surface area contributed by atoms with Crippen molar-refractivity contribution in [3.63, 3.8) is 0 Å². The van der Waals surface area contributed by atoms with Gasteiger partial charge in [0.25, 0.3) is 11.6 Å². The molecule has 0 aliphatic rings. The van der Waals surface area contributed by atoms with Crippen LogP contribution in [0.15, 0.2) is 60.7 Å². The van der Waals surface area contributed by atoms with E-state index in [4.69, 9.17) is 4.74 Å². The summed E-state index contributed by atoms with van der Waals surface area (Å²) in [5, 5.41) is 3.48. The van der Waals surface area contributed by atoms with E-state index in [-0.39, 0.29) is 11.7 Å². The minimum atomic E-state index is -4.66. The van der Waals surface area contributed by atoms with Gasteiger partial charge < -0.3 is 4.74 Å². The van der Waals surface area contributed by atoms with Crippen LogP contribution >= 0.6 is 0 Å². The standard InChI is InChI=1S/C19H13F3N4O/c1-12-11-16(26-18(23-12)24-17(25-26)19(20,21)22)27-15-9-7-14(8-10-15)13-5-3-2-4-6-13/h2-11H,1H3.